The smallest absolute Gasteiger partial charge is 0.235 e. The van der Waals surface area contributed by atoms with Crippen molar-refractivity contribution in [2.24, 2.45) is 29.4 Å². The largest absolute Gasteiger partial charge is 0.507 e. The molecule has 5 rings (SSSR count). The molecule has 1 amide bonds. The first-order chi connectivity index (χ1) is 16.6. The van der Waals surface area contributed by atoms with Crippen LogP contribution in [0.1, 0.15) is 39.9 Å². The number of aliphatic hydroxyl groups is 1. The normalized spacial score (nSPS) is 29.4. The van der Waals surface area contributed by atoms with Crippen molar-refractivity contribution in [2.45, 2.75) is 24.9 Å². The van der Waals surface area contributed by atoms with Gasteiger partial charge in [0, 0.05) is 35.9 Å². The summed E-state index contributed by atoms with van der Waals surface area (Å²) in [7, 11) is 0. The highest BCUT2D eigenvalue weighted by molar-refractivity contribution is 6.31. The van der Waals surface area contributed by atoms with E-state index < -0.39 is 58.3 Å². The third kappa shape index (κ3) is 3.29. The molecule has 1 aromatic heterocycles. The van der Waals surface area contributed by atoms with Crippen molar-refractivity contribution >= 4 is 29.0 Å². The average Bonchev–Trinajstić information content (AvgIpc) is 2.81. The predicted octanol–water partition coefficient (Wildman–Crippen LogP) is 0.122. The summed E-state index contributed by atoms with van der Waals surface area (Å²) in [6.45, 7) is 0. The fraction of sp³-hybridized carbons (Fsp3) is 0.308. The van der Waals surface area contributed by atoms with Crippen LogP contribution in [0.2, 0.25) is 0 Å². The zero-order valence-electron chi connectivity index (χ0n) is 18.4. The lowest BCUT2D eigenvalue weighted by atomic mass is 9.53. The van der Waals surface area contributed by atoms with Gasteiger partial charge in [-0.1, -0.05) is 11.8 Å². The number of hydrogen-bond donors (Lipinski definition) is 3. The fourth-order valence-corrected chi connectivity index (χ4v) is 5.66. The number of carbonyl (C=O) groups is 5. The standard InChI is InChI=1S/C26H20N2O7/c27-25(34)21-18(30)10-15-8-14-9-16-13(4-3-12-2-1-7-28-11-12)5-6-17(29)20(16)22(31)19(14)23(32)26(15,35)24(21)33/h1-2,5-7,11,14-15,19,21,29,35H,8-10H2,(H2,27,34)/t14-,15+,19?,21?,26+/m1/s1. The Kier molecular flexibility index (Phi) is 5.15. The Morgan fingerprint density at radius 1 is 1.09 bits per heavy atom. The predicted molar refractivity (Wildman–Crippen MR) is 119 cm³/mol. The first kappa shape index (κ1) is 22.6. The maximum absolute atomic E-state index is 13.5. The summed E-state index contributed by atoms with van der Waals surface area (Å²) in [4.78, 5) is 68.0. The Morgan fingerprint density at radius 3 is 2.54 bits per heavy atom. The number of rotatable bonds is 1. The molecule has 4 N–H and O–H groups in total. The Morgan fingerprint density at radius 2 is 1.86 bits per heavy atom. The molecule has 3 aliphatic rings. The SMILES string of the molecule is NC(=O)C1C(=O)C[C@@H]2C[C@@H]3Cc4c(C#Cc5cccnc5)ccc(O)c4C(=O)C3C(=O)[C@]2(O)C1=O. The monoisotopic (exact) mass is 472 g/mol. The van der Waals surface area contributed by atoms with Gasteiger partial charge in [0.15, 0.2) is 34.7 Å². The van der Waals surface area contributed by atoms with Crippen LogP contribution in [-0.4, -0.2) is 49.8 Å². The van der Waals surface area contributed by atoms with Gasteiger partial charge < -0.3 is 15.9 Å². The number of hydrogen-bond acceptors (Lipinski definition) is 8. The van der Waals surface area contributed by atoms with E-state index in [1.807, 2.05) is 0 Å². The number of Topliss-reactive ketones (excluding diaryl/α,β-unsaturated/α-hetero) is 4. The van der Waals surface area contributed by atoms with Gasteiger partial charge in [0.25, 0.3) is 0 Å². The minimum atomic E-state index is -2.66. The van der Waals surface area contributed by atoms with Crippen molar-refractivity contribution in [1.29, 1.82) is 0 Å². The van der Waals surface area contributed by atoms with Gasteiger partial charge in [-0.3, -0.25) is 29.0 Å². The van der Waals surface area contributed by atoms with Crippen LogP contribution in [-0.2, 0) is 25.6 Å². The Bertz CT molecular complexity index is 1390. The van der Waals surface area contributed by atoms with Gasteiger partial charge in [-0.2, -0.15) is 0 Å². The maximum Gasteiger partial charge on any atom is 0.235 e. The Labute approximate surface area is 199 Å². The van der Waals surface area contributed by atoms with Crippen LogP contribution in [0.15, 0.2) is 36.7 Å². The zero-order valence-corrected chi connectivity index (χ0v) is 18.4. The van der Waals surface area contributed by atoms with Gasteiger partial charge >= 0.3 is 0 Å². The van der Waals surface area contributed by atoms with E-state index in [0.717, 1.165) is 0 Å². The van der Waals surface area contributed by atoms with Crippen molar-refractivity contribution in [3.05, 3.63) is 58.9 Å². The van der Waals surface area contributed by atoms with Crippen LogP contribution >= 0.6 is 0 Å². The van der Waals surface area contributed by atoms with Gasteiger partial charge in [0.05, 0.1) is 11.5 Å². The van der Waals surface area contributed by atoms with Crippen LogP contribution in [0.3, 0.4) is 0 Å². The molecule has 0 radical (unpaired) electrons. The Hall–Kier alpha value is -4.16. The summed E-state index contributed by atoms with van der Waals surface area (Å²) in [6, 6.07) is 6.39. The molecule has 176 valence electrons. The van der Waals surface area contributed by atoms with E-state index in [9.17, 15) is 34.2 Å². The summed E-state index contributed by atoms with van der Waals surface area (Å²) in [5, 5.41) is 21.7. The molecule has 35 heavy (non-hydrogen) atoms. The molecule has 0 saturated heterocycles. The van der Waals surface area contributed by atoms with Gasteiger partial charge in [-0.15, -0.1) is 0 Å². The average molecular weight is 472 g/mol. The van der Waals surface area contributed by atoms with Crippen LogP contribution in [0.5, 0.6) is 5.75 Å². The van der Waals surface area contributed by atoms with Crippen LogP contribution in [0.4, 0.5) is 0 Å². The molecule has 0 spiro atoms. The molecule has 2 saturated carbocycles. The molecule has 1 heterocycles. The maximum atomic E-state index is 13.5. The number of primary amides is 1. The second-order valence-electron chi connectivity index (χ2n) is 9.22. The lowest BCUT2D eigenvalue weighted by molar-refractivity contribution is -0.175. The van der Waals surface area contributed by atoms with Gasteiger partial charge in [0.1, 0.15) is 5.75 Å². The first-order valence-electron chi connectivity index (χ1n) is 11.1. The summed E-state index contributed by atoms with van der Waals surface area (Å²) in [5.41, 5.74) is 4.06. The van der Waals surface area contributed by atoms with Crippen molar-refractivity contribution in [3.8, 4) is 17.6 Å². The molecule has 0 aliphatic heterocycles. The minimum Gasteiger partial charge on any atom is -0.507 e. The second kappa shape index (κ2) is 7.96. The number of pyridine rings is 1. The molecular formula is C26H20N2O7. The van der Waals surface area contributed by atoms with Crippen molar-refractivity contribution < 1.29 is 34.2 Å². The topological polar surface area (TPSA) is 165 Å². The molecule has 9 nitrogen and oxygen atoms in total. The quantitative estimate of drug-likeness (QED) is 0.389. The number of nitrogens with two attached hydrogens (primary N) is 1. The van der Waals surface area contributed by atoms with Crippen LogP contribution < -0.4 is 5.73 Å². The summed E-state index contributed by atoms with van der Waals surface area (Å²) < 4.78 is 0. The van der Waals surface area contributed by atoms with E-state index in [0.29, 0.717) is 16.7 Å². The summed E-state index contributed by atoms with van der Waals surface area (Å²) in [6.07, 6.45) is 3.03. The van der Waals surface area contributed by atoms with Crippen LogP contribution in [0, 0.1) is 35.5 Å². The highest BCUT2D eigenvalue weighted by Gasteiger charge is 2.66. The van der Waals surface area contributed by atoms with E-state index >= 15 is 0 Å². The number of fused-ring (bicyclic) bond motifs is 3. The molecular weight excluding hydrogens is 452 g/mol. The van der Waals surface area contributed by atoms with Crippen molar-refractivity contribution in [2.75, 3.05) is 0 Å². The number of aromatic hydroxyl groups is 1. The van der Waals surface area contributed by atoms with Gasteiger partial charge in [-0.05, 0) is 48.6 Å². The molecule has 2 fully saturated rings. The molecule has 2 unspecified atom stereocenters. The van der Waals surface area contributed by atoms with Crippen molar-refractivity contribution in [1.82, 2.24) is 4.98 Å². The van der Waals surface area contributed by atoms with E-state index in [1.54, 1.807) is 30.6 Å². The number of phenols is 1. The highest BCUT2D eigenvalue weighted by Crippen LogP contribution is 2.50. The summed E-state index contributed by atoms with van der Waals surface area (Å²) in [5.74, 6) is -4.42. The van der Waals surface area contributed by atoms with E-state index in [4.69, 9.17) is 5.73 Å². The lowest BCUT2D eigenvalue weighted by Gasteiger charge is -2.48. The second-order valence-corrected chi connectivity index (χ2v) is 9.22. The van der Waals surface area contributed by atoms with Gasteiger partial charge in [0.2, 0.25) is 5.91 Å². The number of phenolic OH excluding ortho intramolecular Hbond substituents is 1. The third-order valence-electron chi connectivity index (χ3n) is 7.29. The number of amides is 1. The number of ketones is 4. The first-order valence-corrected chi connectivity index (χ1v) is 11.1. The molecule has 9 heteroatoms. The Balaban J connectivity index is 1.57. The van der Waals surface area contributed by atoms with Crippen LogP contribution in [0.25, 0.3) is 0 Å². The van der Waals surface area contributed by atoms with Gasteiger partial charge in [-0.25, -0.2) is 0 Å². The van der Waals surface area contributed by atoms with Crippen molar-refractivity contribution in [3.63, 3.8) is 0 Å². The lowest BCUT2D eigenvalue weighted by Crippen LogP contribution is -2.68. The zero-order chi connectivity index (χ0) is 25.1. The van der Waals surface area contributed by atoms with E-state index in [2.05, 4.69) is 16.8 Å². The number of nitrogens with zero attached hydrogens (tertiary/aromatic N) is 1. The summed E-state index contributed by atoms with van der Waals surface area (Å²) >= 11 is 0. The van der Waals surface area contributed by atoms with E-state index in [-0.39, 0.29) is 30.6 Å². The number of benzene rings is 1. The van der Waals surface area contributed by atoms with E-state index in [1.165, 1.54) is 6.07 Å². The minimum absolute atomic E-state index is 0.0339. The molecule has 1 aromatic carbocycles. The molecule has 0 bridgehead atoms. The molecule has 5 atom stereocenters. The molecule has 2 aromatic rings. The number of aromatic nitrogens is 1. The highest BCUT2D eigenvalue weighted by atomic mass is 16.3. The fourth-order valence-electron chi connectivity index (χ4n) is 5.66. The third-order valence-corrected chi connectivity index (χ3v) is 7.29. The number of carbonyl (C=O) groups excluding carboxylic acids is 5. The molecule has 3 aliphatic carbocycles.